The number of rotatable bonds is 3. The normalized spacial score (nSPS) is 11.4. The average molecular weight is 386 g/mol. The minimum atomic E-state index is -1.06. The zero-order chi connectivity index (χ0) is 14.9. The van der Waals surface area contributed by atoms with Gasteiger partial charge in [-0.1, -0.05) is 6.07 Å². The lowest BCUT2D eigenvalue weighted by Crippen LogP contribution is -2.27. The Labute approximate surface area is 130 Å². The summed E-state index contributed by atoms with van der Waals surface area (Å²) in [7, 11) is 0. The van der Waals surface area contributed by atoms with Crippen LogP contribution >= 0.6 is 22.6 Å². The summed E-state index contributed by atoms with van der Waals surface area (Å²) in [4.78, 5) is 11.5. The zero-order valence-corrected chi connectivity index (χ0v) is 13.6. The van der Waals surface area contributed by atoms with Crippen LogP contribution in [0.3, 0.4) is 0 Å². The van der Waals surface area contributed by atoms with Crippen LogP contribution in [0.4, 0.5) is 0 Å². The summed E-state index contributed by atoms with van der Waals surface area (Å²) in [5.74, 6) is -0.222. The van der Waals surface area contributed by atoms with Gasteiger partial charge in [0.2, 0.25) is 0 Å². The van der Waals surface area contributed by atoms with Crippen molar-refractivity contribution in [2.75, 3.05) is 0 Å². The molecule has 0 radical (unpaired) electrons. The highest BCUT2D eigenvalue weighted by Gasteiger charge is 2.26. The second-order valence-electron chi connectivity index (χ2n) is 5.30. The van der Waals surface area contributed by atoms with Crippen molar-refractivity contribution < 1.29 is 14.6 Å². The van der Waals surface area contributed by atoms with Crippen molar-refractivity contribution in [3.8, 4) is 11.5 Å². The van der Waals surface area contributed by atoms with E-state index in [-0.39, 0.29) is 11.4 Å². The number of carboxylic acids is 1. The molecule has 0 unspecified atom stereocenters. The Balaban J connectivity index is 2.43. The van der Waals surface area contributed by atoms with E-state index in [1.54, 1.807) is 6.07 Å². The van der Waals surface area contributed by atoms with E-state index < -0.39 is 11.5 Å². The predicted molar refractivity (Wildman–Crippen MR) is 83.4 cm³/mol. The van der Waals surface area contributed by atoms with Crippen molar-refractivity contribution in [2.45, 2.75) is 26.3 Å². The first-order valence-corrected chi connectivity index (χ1v) is 7.12. The number of hydrogen-bond acceptors (Lipinski definition) is 3. The van der Waals surface area contributed by atoms with Crippen molar-refractivity contribution in [2.24, 2.45) is 0 Å². The molecule has 1 heterocycles. The molecule has 0 aliphatic heterocycles. The Morgan fingerprint density at radius 1 is 1.40 bits per heavy atom. The van der Waals surface area contributed by atoms with E-state index in [9.17, 15) is 9.90 Å². The molecule has 0 saturated heterocycles. The standard InChI is InChI=1S/C14H15IN2O3/c1-14(2,3)17-12(13(18)19)11(8-16-17)20-10-6-4-5-9(15)7-10/h4-8H,1-3H3,(H,18,19). The molecular weight excluding hydrogens is 371 g/mol. The number of benzene rings is 1. The number of hydrogen-bond donors (Lipinski definition) is 1. The quantitative estimate of drug-likeness (QED) is 0.817. The van der Waals surface area contributed by atoms with Crippen LogP contribution in [0, 0.1) is 3.57 Å². The Morgan fingerprint density at radius 2 is 2.10 bits per heavy atom. The highest BCUT2D eigenvalue weighted by Crippen LogP contribution is 2.29. The van der Waals surface area contributed by atoms with Gasteiger partial charge in [-0.15, -0.1) is 0 Å². The van der Waals surface area contributed by atoms with Crippen molar-refractivity contribution in [3.63, 3.8) is 0 Å². The number of aromatic carboxylic acids is 1. The summed E-state index contributed by atoms with van der Waals surface area (Å²) in [6, 6.07) is 7.40. The van der Waals surface area contributed by atoms with Gasteiger partial charge in [0.15, 0.2) is 11.4 Å². The van der Waals surface area contributed by atoms with Crippen LogP contribution in [0.1, 0.15) is 31.3 Å². The van der Waals surface area contributed by atoms with Crippen LogP contribution in [0.25, 0.3) is 0 Å². The van der Waals surface area contributed by atoms with Gasteiger partial charge in [-0.05, 0) is 61.6 Å². The zero-order valence-electron chi connectivity index (χ0n) is 11.4. The first-order chi connectivity index (χ1) is 9.29. The highest BCUT2D eigenvalue weighted by molar-refractivity contribution is 14.1. The molecule has 0 spiro atoms. The Hall–Kier alpha value is -1.57. The number of nitrogens with zero attached hydrogens (tertiary/aromatic N) is 2. The number of halogens is 1. The maximum absolute atomic E-state index is 11.5. The lowest BCUT2D eigenvalue weighted by Gasteiger charge is -2.21. The second kappa shape index (κ2) is 5.43. The molecule has 1 N–H and O–H groups in total. The van der Waals surface area contributed by atoms with Crippen molar-refractivity contribution in [3.05, 3.63) is 39.7 Å². The third-order valence-electron chi connectivity index (χ3n) is 2.60. The molecule has 5 nitrogen and oxygen atoms in total. The molecule has 0 aliphatic rings. The van der Waals surface area contributed by atoms with E-state index in [0.29, 0.717) is 5.75 Å². The average Bonchev–Trinajstić information content (AvgIpc) is 2.72. The summed E-state index contributed by atoms with van der Waals surface area (Å²) >= 11 is 2.17. The maximum Gasteiger partial charge on any atom is 0.358 e. The first-order valence-electron chi connectivity index (χ1n) is 6.04. The van der Waals surface area contributed by atoms with Gasteiger partial charge < -0.3 is 9.84 Å². The monoisotopic (exact) mass is 386 g/mol. The summed E-state index contributed by atoms with van der Waals surface area (Å²) in [6.45, 7) is 5.67. The van der Waals surface area contributed by atoms with E-state index >= 15 is 0 Å². The van der Waals surface area contributed by atoms with Gasteiger partial charge in [0.1, 0.15) is 5.75 Å². The fourth-order valence-corrected chi connectivity index (χ4v) is 2.28. The first kappa shape index (κ1) is 14.8. The summed E-state index contributed by atoms with van der Waals surface area (Å²) in [5, 5.41) is 13.5. The highest BCUT2D eigenvalue weighted by atomic mass is 127. The Kier molecular flexibility index (Phi) is 4.03. The SMILES string of the molecule is CC(C)(C)n1ncc(Oc2cccc(I)c2)c1C(=O)O. The Bertz CT molecular complexity index is 644. The minimum Gasteiger partial charge on any atom is -0.476 e. The third-order valence-corrected chi connectivity index (χ3v) is 3.27. The number of aromatic nitrogens is 2. The van der Waals surface area contributed by atoms with E-state index in [0.717, 1.165) is 3.57 Å². The van der Waals surface area contributed by atoms with Gasteiger partial charge in [0.05, 0.1) is 11.7 Å². The molecule has 1 aromatic carbocycles. The lowest BCUT2D eigenvalue weighted by atomic mass is 10.1. The van der Waals surface area contributed by atoms with Crippen LogP contribution in [0.15, 0.2) is 30.5 Å². The summed E-state index contributed by atoms with van der Waals surface area (Å²) < 4.78 is 8.13. The van der Waals surface area contributed by atoms with E-state index in [2.05, 4.69) is 27.7 Å². The van der Waals surface area contributed by atoms with Crippen LogP contribution in [-0.4, -0.2) is 20.9 Å². The van der Waals surface area contributed by atoms with Gasteiger partial charge in [-0.25, -0.2) is 9.48 Å². The lowest BCUT2D eigenvalue weighted by molar-refractivity contribution is 0.0671. The van der Waals surface area contributed by atoms with E-state index in [1.165, 1.54) is 10.9 Å². The Morgan fingerprint density at radius 3 is 2.65 bits per heavy atom. The molecular formula is C14H15IN2O3. The second-order valence-corrected chi connectivity index (χ2v) is 6.55. The van der Waals surface area contributed by atoms with E-state index in [4.69, 9.17) is 4.74 Å². The molecule has 20 heavy (non-hydrogen) atoms. The largest absolute Gasteiger partial charge is 0.476 e. The van der Waals surface area contributed by atoms with Crippen LogP contribution in [0.5, 0.6) is 11.5 Å². The molecule has 0 bridgehead atoms. The number of ether oxygens (including phenoxy) is 1. The maximum atomic E-state index is 11.5. The van der Waals surface area contributed by atoms with Gasteiger partial charge >= 0.3 is 5.97 Å². The molecule has 0 amide bonds. The molecule has 2 aromatic rings. The summed E-state index contributed by atoms with van der Waals surface area (Å²) in [5.41, 5.74) is -0.378. The molecule has 0 saturated carbocycles. The van der Waals surface area contributed by atoms with Gasteiger partial charge in [-0.2, -0.15) is 5.10 Å². The van der Waals surface area contributed by atoms with Crippen LogP contribution < -0.4 is 4.74 Å². The van der Waals surface area contributed by atoms with Crippen molar-refractivity contribution >= 4 is 28.6 Å². The van der Waals surface area contributed by atoms with Crippen LogP contribution in [-0.2, 0) is 5.54 Å². The van der Waals surface area contributed by atoms with Gasteiger partial charge in [0.25, 0.3) is 0 Å². The van der Waals surface area contributed by atoms with Gasteiger partial charge in [0, 0.05) is 3.57 Å². The number of carbonyl (C=O) groups is 1. The van der Waals surface area contributed by atoms with Crippen molar-refractivity contribution in [1.82, 2.24) is 9.78 Å². The predicted octanol–water partition coefficient (Wildman–Crippen LogP) is 3.73. The molecule has 1 aromatic heterocycles. The topological polar surface area (TPSA) is 64.4 Å². The van der Waals surface area contributed by atoms with Gasteiger partial charge in [-0.3, -0.25) is 0 Å². The van der Waals surface area contributed by atoms with E-state index in [1.807, 2.05) is 39.0 Å². The third kappa shape index (κ3) is 3.12. The number of carboxylic acid groups (broad SMARTS) is 1. The molecule has 106 valence electrons. The fourth-order valence-electron chi connectivity index (χ4n) is 1.77. The fraction of sp³-hybridized carbons (Fsp3) is 0.286. The molecule has 0 fully saturated rings. The van der Waals surface area contributed by atoms with Crippen LogP contribution in [0.2, 0.25) is 0 Å². The molecule has 0 atom stereocenters. The smallest absolute Gasteiger partial charge is 0.358 e. The molecule has 6 heteroatoms. The van der Waals surface area contributed by atoms with Crippen molar-refractivity contribution in [1.29, 1.82) is 0 Å². The molecule has 2 rings (SSSR count). The molecule has 0 aliphatic carbocycles. The minimum absolute atomic E-state index is 0.0522. The summed E-state index contributed by atoms with van der Waals surface area (Å²) in [6.07, 6.45) is 1.44.